The molecule has 0 amide bonds. The summed E-state index contributed by atoms with van der Waals surface area (Å²) < 4.78 is 10.7. The molecule has 12 heavy (non-hydrogen) atoms. The maximum absolute atomic E-state index is 5.59. The van der Waals surface area contributed by atoms with Crippen molar-refractivity contribution >= 4 is 0 Å². The molecule has 0 N–H and O–H groups in total. The molecule has 0 saturated carbocycles. The van der Waals surface area contributed by atoms with Crippen LogP contribution in [-0.4, -0.2) is 19.5 Å². The predicted octanol–water partition coefficient (Wildman–Crippen LogP) is 2.60. The second-order valence-electron chi connectivity index (χ2n) is 2.93. The molecule has 1 heterocycles. The molecule has 0 aromatic carbocycles. The van der Waals surface area contributed by atoms with E-state index >= 15 is 0 Å². The van der Waals surface area contributed by atoms with Crippen LogP contribution in [-0.2, 0) is 9.47 Å². The van der Waals surface area contributed by atoms with Gasteiger partial charge >= 0.3 is 0 Å². The molecule has 0 fully saturated rings. The summed E-state index contributed by atoms with van der Waals surface area (Å²) in [6, 6.07) is 0. The lowest BCUT2D eigenvalue weighted by molar-refractivity contribution is -0.143. The second-order valence-corrected chi connectivity index (χ2v) is 2.93. The normalized spacial score (nSPS) is 34.4. The molecular weight excluding hydrogens is 152 g/mol. The Morgan fingerprint density at radius 2 is 2.08 bits per heavy atom. The van der Waals surface area contributed by atoms with E-state index in [1.807, 2.05) is 6.08 Å². The molecule has 0 aromatic heterocycles. The Morgan fingerprint density at radius 3 is 2.58 bits per heavy atom. The van der Waals surface area contributed by atoms with E-state index in [0.29, 0.717) is 12.0 Å². The highest BCUT2D eigenvalue weighted by atomic mass is 16.7. The van der Waals surface area contributed by atoms with E-state index in [1.165, 1.54) is 0 Å². The van der Waals surface area contributed by atoms with Gasteiger partial charge in [-0.3, -0.25) is 0 Å². The molecule has 1 rings (SSSR count). The van der Waals surface area contributed by atoms with E-state index in [9.17, 15) is 0 Å². The fourth-order valence-electron chi connectivity index (χ4n) is 1.33. The Balaban J connectivity index is 0.00000121. The van der Waals surface area contributed by atoms with Crippen LogP contribution in [0, 0.1) is 5.92 Å². The van der Waals surface area contributed by atoms with Gasteiger partial charge in [0.15, 0.2) is 6.29 Å². The highest BCUT2D eigenvalue weighted by Gasteiger charge is 2.21. The summed E-state index contributed by atoms with van der Waals surface area (Å²) in [5.74, 6) is 0.520. The minimum absolute atomic E-state index is 0. The number of hydrogen-bond donors (Lipinski definition) is 0. The summed E-state index contributed by atoms with van der Waals surface area (Å²) in [7, 11) is 1.66. The lowest BCUT2D eigenvalue weighted by atomic mass is 10.00. The zero-order chi connectivity index (χ0) is 8.27. The van der Waals surface area contributed by atoms with E-state index in [4.69, 9.17) is 9.47 Å². The van der Waals surface area contributed by atoms with Gasteiger partial charge in [0.1, 0.15) is 0 Å². The van der Waals surface area contributed by atoms with Crippen LogP contribution in [0.5, 0.6) is 0 Å². The molecule has 2 heteroatoms. The summed E-state index contributed by atoms with van der Waals surface area (Å²) in [5, 5.41) is 0. The Morgan fingerprint density at radius 1 is 1.42 bits per heavy atom. The lowest BCUT2D eigenvalue weighted by Crippen LogP contribution is -2.30. The van der Waals surface area contributed by atoms with Crippen molar-refractivity contribution in [2.75, 3.05) is 7.11 Å². The smallest absolute Gasteiger partial charge is 0.176 e. The highest BCUT2D eigenvalue weighted by molar-refractivity contribution is 4.96. The average Bonchev–Trinajstić information content (AvgIpc) is 2.05. The number of rotatable bonds is 2. The van der Waals surface area contributed by atoms with Gasteiger partial charge in [0.05, 0.1) is 6.10 Å². The zero-order valence-corrected chi connectivity index (χ0v) is 7.41. The second kappa shape index (κ2) is 5.33. The third-order valence-electron chi connectivity index (χ3n) is 2.10. The van der Waals surface area contributed by atoms with Crippen molar-refractivity contribution in [1.82, 2.24) is 0 Å². The van der Waals surface area contributed by atoms with E-state index in [0.717, 1.165) is 6.42 Å². The van der Waals surface area contributed by atoms with E-state index < -0.39 is 0 Å². The van der Waals surface area contributed by atoms with Crippen LogP contribution in [0.4, 0.5) is 0 Å². The Kier molecular flexibility index (Phi) is 5.18. The Labute approximate surface area is 75.6 Å². The van der Waals surface area contributed by atoms with Gasteiger partial charge in [0.2, 0.25) is 0 Å². The van der Waals surface area contributed by atoms with Crippen molar-refractivity contribution in [3.63, 3.8) is 0 Å². The number of methoxy groups -OCH3 is 1. The van der Waals surface area contributed by atoms with Gasteiger partial charge in [-0.2, -0.15) is 0 Å². The SMILES string of the molecule is C.CCC1OC(OC)C=CC1C. The van der Waals surface area contributed by atoms with Gasteiger partial charge in [-0.25, -0.2) is 0 Å². The van der Waals surface area contributed by atoms with Gasteiger partial charge in [-0.1, -0.05) is 27.4 Å². The van der Waals surface area contributed by atoms with Crippen molar-refractivity contribution < 1.29 is 9.47 Å². The van der Waals surface area contributed by atoms with Crippen molar-refractivity contribution in [3.8, 4) is 0 Å². The molecule has 2 nitrogen and oxygen atoms in total. The topological polar surface area (TPSA) is 18.5 Å². The van der Waals surface area contributed by atoms with Gasteiger partial charge < -0.3 is 9.47 Å². The standard InChI is InChI=1S/C9H16O2.CH4/c1-4-8-7(2)5-6-9(10-3)11-8;/h5-9H,4H2,1-3H3;1H4. The summed E-state index contributed by atoms with van der Waals surface area (Å²) in [6.45, 7) is 4.30. The van der Waals surface area contributed by atoms with Crippen LogP contribution in [0.15, 0.2) is 12.2 Å². The Bertz CT molecular complexity index is 143. The predicted molar refractivity (Wildman–Crippen MR) is 51.0 cm³/mol. The molecule has 0 aromatic rings. The highest BCUT2D eigenvalue weighted by Crippen LogP contribution is 2.20. The first-order chi connectivity index (χ1) is 5.27. The maximum Gasteiger partial charge on any atom is 0.176 e. The minimum atomic E-state index is -0.129. The fraction of sp³-hybridized carbons (Fsp3) is 0.800. The third kappa shape index (κ3) is 2.61. The summed E-state index contributed by atoms with van der Waals surface area (Å²) >= 11 is 0. The number of hydrogen-bond acceptors (Lipinski definition) is 2. The molecule has 0 saturated heterocycles. The van der Waals surface area contributed by atoms with Gasteiger partial charge in [0, 0.05) is 13.0 Å². The van der Waals surface area contributed by atoms with Crippen LogP contribution in [0.25, 0.3) is 0 Å². The molecule has 0 bridgehead atoms. The van der Waals surface area contributed by atoms with Crippen LogP contribution < -0.4 is 0 Å². The molecule has 1 aliphatic heterocycles. The maximum atomic E-state index is 5.59. The quantitative estimate of drug-likeness (QED) is 0.596. The van der Waals surface area contributed by atoms with E-state index in [1.54, 1.807) is 7.11 Å². The van der Waals surface area contributed by atoms with Crippen LogP contribution in [0.2, 0.25) is 0 Å². The van der Waals surface area contributed by atoms with Crippen LogP contribution in [0.3, 0.4) is 0 Å². The molecule has 1 aliphatic rings. The molecule has 3 atom stereocenters. The van der Waals surface area contributed by atoms with Crippen LogP contribution >= 0.6 is 0 Å². The molecule has 0 radical (unpaired) electrons. The summed E-state index contributed by atoms with van der Waals surface area (Å²) in [5.41, 5.74) is 0. The largest absolute Gasteiger partial charge is 0.352 e. The summed E-state index contributed by atoms with van der Waals surface area (Å²) in [6.07, 6.45) is 5.37. The minimum Gasteiger partial charge on any atom is -0.352 e. The molecule has 0 spiro atoms. The van der Waals surface area contributed by atoms with Crippen molar-refractivity contribution in [2.24, 2.45) is 5.92 Å². The Hall–Kier alpha value is -0.340. The van der Waals surface area contributed by atoms with Gasteiger partial charge in [-0.05, 0) is 12.5 Å². The first kappa shape index (κ1) is 11.7. The molecule has 3 unspecified atom stereocenters. The first-order valence-corrected chi connectivity index (χ1v) is 4.14. The lowest BCUT2D eigenvalue weighted by Gasteiger charge is -2.28. The van der Waals surface area contributed by atoms with Crippen molar-refractivity contribution in [2.45, 2.75) is 40.1 Å². The van der Waals surface area contributed by atoms with Gasteiger partial charge in [-0.15, -0.1) is 0 Å². The third-order valence-corrected chi connectivity index (χ3v) is 2.10. The summed E-state index contributed by atoms with van der Waals surface area (Å²) in [4.78, 5) is 0. The number of ether oxygens (including phenoxy) is 2. The van der Waals surface area contributed by atoms with E-state index in [2.05, 4.69) is 19.9 Å². The van der Waals surface area contributed by atoms with Crippen molar-refractivity contribution in [1.29, 1.82) is 0 Å². The fourth-order valence-corrected chi connectivity index (χ4v) is 1.33. The molecule has 0 aliphatic carbocycles. The monoisotopic (exact) mass is 172 g/mol. The van der Waals surface area contributed by atoms with Crippen LogP contribution in [0.1, 0.15) is 27.7 Å². The average molecular weight is 172 g/mol. The molecular formula is C10H20O2. The first-order valence-electron chi connectivity index (χ1n) is 4.14. The zero-order valence-electron chi connectivity index (χ0n) is 7.41. The molecule has 72 valence electrons. The van der Waals surface area contributed by atoms with E-state index in [-0.39, 0.29) is 13.7 Å². The van der Waals surface area contributed by atoms with Crippen molar-refractivity contribution in [3.05, 3.63) is 12.2 Å². The van der Waals surface area contributed by atoms with Gasteiger partial charge in [0.25, 0.3) is 0 Å².